The number of aliphatic hydroxyl groups is 5. The zero-order valence-electron chi connectivity index (χ0n) is 53.4. The molecule has 0 aromatic heterocycles. The highest BCUT2D eigenvalue weighted by Gasteiger charge is 2.47. The van der Waals surface area contributed by atoms with Crippen molar-refractivity contribution in [2.45, 2.75) is 410 Å². The fraction of sp³-hybridized carbons (Fsp3) is 0.943. The minimum atomic E-state index is -1.61. The van der Waals surface area contributed by atoms with Crippen LogP contribution in [0.4, 0.5) is 0 Å². The number of rotatable bonds is 62. The zero-order chi connectivity index (χ0) is 58.9. The molecule has 0 radical (unpaired) electrons. The molecule has 1 aliphatic heterocycles. The van der Waals surface area contributed by atoms with Gasteiger partial charge in [0, 0.05) is 6.42 Å². The highest BCUT2D eigenvalue weighted by molar-refractivity contribution is 5.80. The number of carbonyl (C=O) groups excluding carboxylic acids is 2. The molecule has 8 unspecified atom stereocenters. The SMILES string of the molecule is CCCCCCCCCCC/C=C/C(O)C(COC1OC(CO)C(O)C(O)C1OC(=O)CCCCCCCCCCCCCCCCCCCCCCCCCCC)NC(=O)C(O)CCCCCCCCCCCCCCCCCC. The Kier molecular flexibility index (Phi) is 56.2. The number of unbranched alkanes of at least 4 members (excludes halogenated alkanes) is 48. The minimum Gasteiger partial charge on any atom is -0.454 e. The van der Waals surface area contributed by atoms with Gasteiger partial charge in [0.1, 0.15) is 24.4 Å². The molecule has 480 valence electrons. The minimum absolute atomic E-state index is 0.132. The molecule has 1 amide bonds. The van der Waals surface area contributed by atoms with Crippen LogP contribution < -0.4 is 5.32 Å². The maximum atomic E-state index is 13.4. The van der Waals surface area contributed by atoms with Crippen molar-refractivity contribution in [3.8, 4) is 0 Å². The van der Waals surface area contributed by atoms with Crippen LogP contribution >= 0.6 is 0 Å². The van der Waals surface area contributed by atoms with Crippen molar-refractivity contribution >= 4 is 11.9 Å². The summed E-state index contributed by atoms with van der Waals surface area (Å²) in [6, 6.07) is -1.02. The number of esters is 1. The van der Waals surface area contributed by atoms with Gasteiger partial charge >= 0.3 is 5.97 Å². The number of aliphatic hydroxyl groups excluding tert-OH is 5. The molecule has 1 fully saturated rings. The fourth-order valence-electron chi connectivity index (χ4n) is 11.6. The Morgan fingerprint density at radius 1 is 0.469 bits per heavy atom. The summed E-state index contributed by atoms with van der Waals surface area (Å²) >= 11 is 0. The average molecular weight is 1150 g/mol. The number of allylic oxidation sites excluding steroid dienone is 1. The van der Waals surface area contributed by atoms with E-state index >= 15 is 0 Å². The molecule has 1 rings (SSSR count). The largest absolute Gasteiger partial charge is 0.454 e. The molecule has 1 heterocycles. The van der Waals surface area contributed by atoms with E-state index in [-0.39, 0.29) is 13.0 Å². The van der Waals surface area contributed by atoms with Crippen LogP contribution in [0.1, 0.15) is 361 Å². The maximum absolute atomic E-state index is 13.4. The predicted octanol–water partition coefficient (Wildman–Crippen LogP) is 17.9. The van der Waals surface area contributed by atoms with Gasteiger partial charge in [-0.25, -0.2) is 0 Å². The number of carbonyl (C=O) groups is 2. The quantitative estimate of drug-likeness (QED) is 0.0195. The van der Waals surface area contributed by atoms with Crippen LogP contribution in [0, 0.1) is 0 Å². The summed E-state index contributed by atoms with van der Waals surface area (Å²) < 4.78 is 17.7. The van der Waals surface area contributed by atoms with Crippen molar-refractivity contribution in [2.24, 2.45) is 0 Å². The van der Waals surface area contributed by atoms with E-state index in [4.69, 9.17) is 14.2 Å². The molecule has 6 N–H and O–H groups in total. The van der Waals surface area contributed by atoms with Crippen molar-refractivity contribution in [3.05, 3.63) is 12.2 Å². The van der Waals surface area contributed by atoms with Crippen LogP contribution in [0.15, 0.2) is 12.2 Å². The molecule has 0 bridgehead atoms. The van der Waals surface area contributed by atoms with Gasteiger partial charge in [-0.15, -0.1) is 0 Å². The third kappa shape index (κ3) is 46.3. The second-order valence-electron chi connectivity index (χ2n) is 25.0. The summed E-state index contributed by atoms with van der Waals surface area (Å²) in [5, 5.41) is 57.1. The van der Waals surface area contributed by atoms with Gasteiger partial charge in [0.05, 0.1) is 25.4 Å². The molecule has 11 nitrogen and oxygen atoms in total. The molecule has 1 aliphatic rings. The van der Waals surface area contributed by atoms with Gasteiger partial charge in [0.2, 0.25) is 5.91 Å². The predicted molar refractivity (Wildman–Crippen MR) is 338 cm³/mol. The molecule has 1 saturated heterocycles. The third-order valence-electron chi connectivity index (χ3n) is 17.2. The van der Waals surface area contributed by atoms with Gasteiger partial charge in [-0.1, -0.05) is 341 Å². The molecule has 0 aliphatic carbocycles. The number of hydrogen-bond donors (Lipinski definition) is 6. The first kappa shape index (κ1) is 77.4. The Bertz CT molecular complexity index is 1370. The van der Waals surface area contributed by atoms with E-state index in [1.54, 1.807) is 6.08 Å². The topological polar surface area (TPSA) is 175 Å². The van der Waals surface area contributed by atoms with Gasteiger partial charge in [-0.3, -0.25) is 9.59 Å². The maximum Gasteiger partial charge on any atom is 0.306 e. The molecular weight excluding hydrogens is 1010 g/mol. The molecule has 8 atom stereocenters. The van der Waals surface area contributed by atoms with Crippen LogP contribution in [0.2, 0.25) is 0 Å². The summed E-state index contributed by atoms with van der Waals surface area (Å²) in [6.07, 6.45) is 58.4. The molecule has 0 spiro atoms. The van der Waals surface area contributed by atoms with E-state index in [0.717, 1.165) is 57.8 Å². The second kappa shape index (κ2) is 58.8. The van der Waals surface area contributed by atoms with Gasteiger partial charge in [0.15, 0.2) is 12.4 Å². The van der Waals surface area contributed by atoms with Crippen molar-refractivity contribution < 1.29 is 49.3 Å². The van der Waals surface area contributed by atoms with Crippen LogP contribution in [0.5, 0.6) is 0 Å². The lowest BCUT2D eigenvalue weighted by Crippen LogP contribution is -2.61. The Morgan fingerprint density at radius 2 is 0.802 bits per heavy atom. The first-order chi connectivity index (χ1) is 39.7. The lowest BCUT2D eigenvalue weighted by Gasteiger charge is -2.41. The Labute approximate surface area is 499 Å². The van der Waals surface area contributed by atoms with E-state index in [9.17, 15) is 35.1 Å². The van der Waals surface area contributed by atoms with Gasteiger partial charge < -0.3 is 45.1 Å². The number of ether oxygens (including phenoxy) is 3. The highest BCUT2D eigenvalue weighted by atomic mass is 16.7. The van der Waals surface area contributed by atoms with Gasteiger partial charge in [0.25, 0.3) is 0 Å². The normalized spacial score (nSPS) is 18.6. The number of nitrogens with one attached hydrogen (secondary N) is 1. The molecule has 0 saturated carbocycles. The van der Waals surface area contributed by atoms with Crippen molar-refractivity contribution in [3.63, 3.8) is 0 Å². The van der Waals surface area contributed by atoms with Crippen LogP contribution in [0.25, 0.3) is 0 Å². The standard InChI is InChI=1S/C70H135NO10/c1-4-7-10-13-16-19-22-24-26-28-29-30-31-32-33-34-35-36-38-40-43-46-49-52-55-58-65(75)81-68-67(77)66(76)64(59-72)80-70(68)79-60-61(62(73)56-53-50-47-44-41-21-18-15-12-9-6-3)71-69(78)63(74)57-54-51-48-45-42-39-37-27-25-23-20-17-14-11-8-5-2/h53,56,61-64,66-68,70,72-74,76-77H,4-52,54-55,57-60H2,1-3H3,(H,71,78)/b56-53+. The summed E-state index contributed by atoms with van der Waals surface area (Å²) in [5.74, 6) is -1.17. The summed E-state index contributed by atoms with van der Waals surface area (Å²) in [4.78, 5) is 26.6. The van der Waals surface area contributed by atoms with E-state index in [0.29, 0.717) is 19.3 Å². The average Bonchev–Trinajstić information content (AvgIpc) is 3.51. The van der Waals surface area contributed by atoms with E-state index in [2.05, 4.69) is 26.1 Å². The smallest absolute Gasteiger partial charge is 0.306 e. The molecule has 0 aromatic carbocycles. The van der Waals surface area contributed by atoms with Gasteiger partial charge in [-0.05, 0) is 25.7 Å². The Morgan fingerprint density at radius 3 is 1.16 bits per heavy atom. The van der Waals surface area contributed by atoms with E-state index in [1.807, 2.05) is 6.08 Å². The van der Waals surface area contributed by atoms with Crippen molar-refractivity contribution in [1.82, 2.24) is 5.32 Å². The fourth-order valence-corrected chi connectivity index (χ4v) is 11.6. The number of amides is 1. The molecule has 81 heavy (non-hydrogen) atoms. The lowest BCUT2D eigenvalue weighted by atomic mass is 9.99. The molecular formula is C70H135NO10. The highest BCUT2D eigenvalue weighted by Crippen LogP contribution is 2.27. The molecule has 11 heteroatoms. The summed E-state index contributed by atoms with van der Waals surface area (Å²) in [5.41, 5.74) is 0. The van der Waals surface area contributed by atoms with Gasteiger partial charge in [-0.2, -0.15) is 0 Å². The van der Waals surface area contributed by atoms with Crippen LogP contribution in [-0.2, 0) is 23.8 Å². The van der Waals surface area contributed by atoms with Crippen molar-refractivity contribution in [2.75, 3.05) is 13.2 Å². The van der Waals surface area contributed by atoms with E-state index in [1.165, 1.54) is 257 Å². The number of hydrogen-bond acceptors (Lipinski definition) is 10. The summed E-state index contributed by atoms with van der Waals surface area (Å²) in [7, 11) is 0. The first-order valence-corrected chi connectivity index (χ1v) is 35.5. The van der Waals surface area contributed by atoms with Crippen molar-refractivity contribution in [1.29, 1.82) is 0 Å². The summed E-state index contributed by atoms with van der Waals surface area (Å²) in [6.45, 7) is 5.85. The van der Waals surface area contributed by atoms with E-state index < -0.39 is 67.4 Å². The molecule has 0 aromatic rings. The third-order valence-corrected chi connectivity index (χ3v) is 17.2. The van der Waals surface area contributed by atoms with Crippen LogP contribution in [0.3, 0.4) is 0 Å². The lowest BCUT2D eigenvalue weighted by molar-refractivity contribution is -0.305. The first-order valence-electron chi connectivity index (χ1n) is 35.5. The Balaban J connectivity index is 2.52. The second-order valence-corrected chi connectivity index (χ2v) is 25.0. The Hall–Kier alpha value is -1.60. The zero-order valence-corrected chi connectivity index (χ0v) is 53.4. The van der Waals surface area contributed by atoms with Crippen LogP contribution in [-0.4, -0.2) is 99.6 Å². The monoisotopic (exact) mass is 1150 g/mol.